The van der Waals surface area contributed by atoms with Crippen molar-refractivity contribution in [1.29, 1.82) is 0 Å². The topological polar surface area (TPSA) is 205 Å². The van der Waals surface area contributed by atoms with Crippen LogP contribution in [0.2, 0.25) is 0 Å². The molecule has 0 bridgehead atoms. The third kappa shape index (κ3) is 11.2. The molecule has 0 atom stereocenters. The average molecular weight is 469 g/mol. The van der Waals surface area contributed by atoms with E-state index in [1.165, 1.54) is 0 Å². The Morgan fingerprint density at radius 1 is 0.364 bits per heavy atom. The number of nitrogens with two attached hydrogens (primary N) is 6. The predicted octanol–water partition coefficient (Wildman–Crippen LogP) is -1.62. The van der Waals surface area contributed by atoms with Crippen LogP contribution in [-0.4, -0.2) is 93.5 Å². The smallest absolute Gasteiger partial charge is 0.231 e. The summed E-state index contributed by atoms with van der Waals surface area (Å²) in [5.74, 6) is 1.94. The van der Waals surface area contributed by atoms with Gasteiger partial charge in [0.15, 0.2) is 0 Å². The van der Waals surface area contributed by atoms with E-state index < -0.39 is 0 Å². The summed E-state index contributed by atoms with van der Waals surface area (Å²) < 4.78 is 0. The van der Waals surface area contributed by atoms with Crippen molar-refractivity contribution < 1.29 is 0 Å². The number of nitrogens with zero attached hydrogens (tertiary/aromatic N) is 6. The number of aromatic nitrogens is 3. The van der Waals surface area contributed by atoms with E-state index in [1.807, 2.05) is 0 Å². The van der Waals surface area contributed by atoms with Crippen LogP contribution < -0.4 is 49.1 Å². The van der Waals surface area contributed by atoms with Crippen LogP contribution in [-0.2, 0) is 0 Å². The van der Waals surface area contributed by atoms with Gasteiger partial charge in [0.25, 0.3) is 0 Å². The molecule has 12 heteroatoms. The van der Waals surface area contributed by atoms with Gasteiger partial charge in [0.1, 0.15) is 0 Å². The fourth-order valence-corrected chi connectivity index (χ4v) is 3.40. The molecule has 0 saturated heterocycles. The van der Waals surface area contributed by atoms with E-state index in [2.05, 4.69) is 14.7 Å². The Morgan fingerprint density at radius 3 is 0.697 bits per heavy atom. The first-order valence-electron chi connectivity index (χ1n) is 12.4. The molecule has 0 spiro atoms. The molecule has 1 aromatic heterocycles. The van der Waals surface area contributed by atoms with Gasteiger partial charge in [-0.25, -0.2) is 0 Å². The molecule has 0 aliphatic heterocycles. The van der Waals surface area contributed by atoms with Crippen LogP contribution >= 0.6 is 0 Å². The van der Waals surface area contributed by atoms with Crippen molar-refractivity contribution in [2.75, 3.05) is 93.2 Å². The van der Waals surface area contributed by atoms with Gasteiger partial charge in [-0.2, -0.15) is 15.0 Å². The van der Waals surface area contributed by atoms with Gasteiger partial charge in [-0.15, -0.1) is 0 Å². The molecule has 1 heterocycles. The van der Waals surface area contributed by atoms with Gasteiger partial charge in [-0.05, 0) is 77.8 Å². The first-order valence-corrected chi connectivity index (χ1v) is 12.4. The maximum Gasteiger partial charge on any atom is 0.231 e. The zero-order valence-electron chi connectivity index (χ0n) is 20.4. The minimum atomic E-state index is 0.599. The van der Waals surface area contributed by atoms with Crippen LogP contribution in [0.15, 0.2) is 0 Å². The molecule has 33 heavy (non-hydrogen) atoms. The summed E-state index contributed by atoms with van der Waals surface area (Å²) in [5, 5.41) is 0. The van der Waals surface area contributed by atoms with E-state index in [9.17, 15) is 0 Å². The standard InChI is InChI=1S/C21H48N12/c22-7-1-13-31(14-2-8-23)19-28-20(32(15-3-9-24)16-4-10-25)30-21(29-19)33(17-5-11-26)18-6-12-27/h1-18,22-27H2. The summed E-state index contributed by atoms with van der Waals surface area (Å²) in [6.07, 6.45) is 5.05. The second-order valence-corrected chi connectivity index (χ2v) is 8.05. The van der Waals surface area contributed by atoms with E-state index in [0.29, 0.717) is 57.1 Å². The first-order chi connectivity index (χ1) is 16.1. The molecule has 0 saturated carbocycles. The molecule has 0 aliphatic carbocycles. The average Bonchev–Trinajstić information content (AvgIpc) is 2.84. The highest BCUT2D eigenvalue weighted by Gasteiger charge is 2.20. The Kier molecular flexibility index (Phi) is 16.4. The number of hydrogen-bond acceptors (Lipinski definition) is 12. The molecular weight excluding hydrogens is 420 g/mol. The molecule has 12 nitrogen and oxygen atoms in total. The van der Waals surface area contributed by atoms with Gasteiger partial charge in [0.05, 0.1) is 0 Å². The molecule has 1 rings (SSSR count). The molecule has 1 aromatic rings. The zero-order chi connectivity index (χ0) is 24.3. The van der Waals surface area contributed by atoms with Crippen LogP contribution in [0.25, 0.3) is 0 Å². The van der Waals surface area contributed by atoms with E-state index >= 15 is 0 Å². The molecule has 0 aliphatic rings. The lowest BCUT2D eigenvalue weighted by Gasteiger charge is -2.29. The van der Waals surface area contributed by atoms with Crippen LogP contribution in [0.1, 0.15) is 38.5 Å². The number of rotatable bonds is 21. The maximum atomic E-state index is 5.79. The number of hydrogen-bond donors (Lipinski definition) is 6. The zero-order valence-corrected chi connectivity index (χ0v) is 20.4. The summed E-state index contributed by atoms with van der Waals surface area (Å²) in [5.41, 5.74) is 34.7. The highest BCUT2D eigenvalue weighted by Crippen LogP contribution is 2.21. The van der Waals surface area contributed by atoms with Gasteiger partial charge >= 0.3 is 0 Å². The van der Waals surface area contributed by atoms with Crippen LogP contribution in [0.5, 0.6) is 0 Å². The Balaban J connectivity index is 3.43. The lowest BCUT2D eigenvalue weighted by Crippen LogP contribution is -2.36. The molecule has 0 aromatic carbocycles. The molecular formula is C21H48N12. The van der Waals surface area contributed by atoms with Crippen molar-refractivity contribution in [1.82, 2.24) is 15.0 Å². The molecule has 0 unspecified atom stereocenters. The second kappa shape index (κ2) is 18.6. The van der Waals surface area contributed by atoms with Crippen LogP contribution in [0.3, 0.4) is 0 Å². The SMILES string of the molecule is NCCCN(CCCN)c1nc(N(CCCN)CCCN)nc(N(CCCN)CCCN)n1. The molecule has 192 valence electrons. The third-order valence-corrected chi connectivity index (χ3v) is 5.24. The predicted molar refractivity (Wildman–Crippen MR) is 138 cm³/mol. The van der Waals surface area contributed by atoms with Gasteiger partial charge in [-0.3, -0.25) is 0 Å². The maximum absolute atomic E-state index is 5.79. The van der Waals surface area contributed by atoms with Gasteiger partial charge in [0, 0.05) is 39.3 Å². The molecule has 12 N–H and O–H groups in total. The fraction of sp³-hybridized carbons (Fsp3) is 0.857. The lowest BCUT2D eigenvalue weighted by atomic mass is 10.3. The Hall–Kier alpha value is -1.83. The van der Waals surface area contributed by atoms with Crippen molar-refractivity contribution in [3.8, 4) is 0 Å². The van der Waals surface area contributed by atoms with Crippen molar-refractivity contribution in [2.45, 2.75) is 38.5 Å². The summed E-state index contributed by atoms with van der Waals surface area (Å²) in [6.45, 7) is 8.16. The van der Waals surface area contributed by atoms with Crippen molar-refractivity contribution in [2.24, 2.45) is 34.4 Å². The quantitative estimate of drug-likeness (QED) is 0.120. The highest BCUT2D eigenvalue weighted by atomic mass is 15.4. The molecule has 0 fully saturated rings. The number of anilines is 3. The van der Waals surface area contributed by atoms with Crippen molar-refractivity contribution in [3.63, 3.8) is 0 Å². The van der Waals surface area contributed by atoms with Gasteiger partial charge in [-0.1, -0.05) is 0 Å². The lowest BCUT2D eigenvalue weighted by molar-refractivity contribution is 0.648. The summed E-state index contributed by atoms with van der Waals surface area (Å²) in [6, 6.07) is 0. The minimum Gasteiger partial charge on any atom is -0.341 e. The normalized spacial score (nSPS) is 11.1. The molecule has 0 amide bonds. The molecule has 0 radical (unpaired) electrons. The van der Waals surface area contributed by atoms with E-state index in [0.717, 1.165) is 77.8 Å². The van der Waals surface area contributed by atoms with Crippen LogP contribution in [0.4, 0.5) is 17.8 Å². The van der Waals surface area contributed by atoms with Crippen LogP contribution in [0, 0.1) is 0 Å². The second-order valence-electron chi connectivity index (χ2n) is 8.05. The highest BCUT2D eigenvalue weighted by molar-refractivity contribution is 5.46. The van der Waals surface area contributed by atoms with E-state index in [1.54, 1.807) is 0 Å². The van der Waals surface area contributed by atoms with Gasteiger partial charge < -0.3 is 49.1 Å². The monoisotopic (exact) mass is 468 g/mol. The van der Waals surface area contributed by atoms with Gasteiger partial charge in [0.2, 0.25) is 17.8 Å². The van der Waals surface area contributed by atoms with Crippen molar-refractivity contribution >= 4 is 17.8 Å². The van der Waals surface area contributed by atoms with E-state index in [4.69, 9.17) is 49.4 Å². The van der Waals surface area contributed by atoms with Crippen molar-refractivity contribution in [3.05, 3.63) is 0 Å². The summed E-state index contributed by atoms with van der Waals surface area (Å²) >= 11 is 0. The Labute approximate surface area is 199 Å². The Bertz CT molecular complexity index is 485. The summed E-state index contributed by atoms with van der Waals surface area (Å²) in [4.78, 5) is 21.1. The Morgan fingerprint density at radius 2 is 0.545 bits per heavy atom. The summed E-state index contributed by atoms with van der Waals surface area (Å²) in [7, 11) is 0. The fourth-order valence-electron chi connectivity index (χ4n) is 3.40. The third-order valence-electron chi connectivity index (χ3n) is 5.24. The minimum absolute atomic E-state index is 0.599. The largest absolute Gasteiger partial charge is 0.341 e. The first kappa shape index (κ1) is 29.2. The van der Waals surface area contributed by atoms with E-state index in [-0.39, 0.29) is 0 Å².